The number of esters is 1. The van der Waals surface area contributed by atoms with Gasteiger partial charge in [0, 0.05) is 27.7 Å². The first-order valence-electron chi connectivity index (χ1n) is 6.73. The number of benzene rings is 1. The lowest BCUT2D eigenvalue weighted by Crippen LogP contribution is -2.24. The van der Waals surface area contributed by atoms with Gasteiger partial charge in [0.1, 0.15) is 0 Å². The van der Waals surface area contributed by atoms with E-state index in [0.29, 0.717) is 6.61 Å². The Morgan fingerprint density at radius 1 is 1.21 bits per heavy atom. The predicted octanol–water partition coefficient (Wildman–Crippen LogP) is 2.14. The molecule has 1 aromatic rings. The zero-order chi connectivity index (χ0) is 13.8. The van der Waals surface area contributed by atoms with Crippen molar-refractivity contribution in [3.63, 3.8) is 0 Å². The van der Waals surface area contributed by atoms with E-state index in [-0.39, 0.29) is 11.9 Å². The van der Waals surface area contributed by atoms with Gasteiger partial charge in [0.2, 0.25) is 0 Å². The highest BCUT2D eigenvalue weighted by Crippen LogP contribution is 2.28. The number of carbonyl (C=O) groups is 1. The van der Waals surface area contributed by atoms with Crippen molar-refractivity contribution in [1.29, 1.82) is 0 Å². The molecular weight excluding hydrogens is 240 g/mol. The van der Waals surface area contributed by atoms with Crippen LogP contribution in [-0.4, -0.2) is 40.3 Å². The number of hydrogen-bond acceptors (Lipinski definition) is 4. The number of cyclic esters (lactones) is 1. The first-order valence-corrected chi connectivity index (χ1v) is 6.73. The van der Waals surface area contributed by atoms with Gasteiger partial charge < -0.3 is 14.5 Å². The fraction of sp³-hybridized carbons (Fsp3) is 0.533. The maximum atomic E-state index is 11.4. The van der Waals surface area contributed by atoms with Crippen LogP contribution in [0, 0.1) is 5.92 Å². The van der Waals surface area contributed by atoms with Gasteiger partial charge in [-0.3, -0.25) is 4.79 Å². The van der Waals surface area contributed by atoms with E-state index in [2.05, 4.69) is 29.0 Å². The molecule has 1 fully saturated rings. The van der Waals surface area contributed by atoms with Crippen molar-refractivity contribution in [2.45, 2.75) is 12.8 Å². The van der Waals surface area contributed by atoms with Gasteiger partial charge in [-0.05, 0) is 25.0 Å². The Hall–Kier alpha value is -1.71. The molecule has 4 heteroatoms. The topological polar surface area (TPSA) is 32.8 Å². The first kappa shape index (κ1) is 13.7. The quantitative estimate of drug-likeness (QED) is 0.761. The Labute approximate surface area is 115 Å². The Bertz CT molecular complexity index is 446. The third kappa shape index (κ3) is 3.19. The summed E-state index contributed by atoms with van der Waals surface area (Å²) in [5.74, 6) is 0.0447. The highest BCUT2D eigenvalue weighted by molar-refractivity contribution is 5.74. The molecule has 0 aromatic heterocycles. The van der Waals surface area contributed by atoms with E-state index in [1.807, 2.05) is 26.2 Å². The molecule has 1 aliphatic rings. The van der Waals surface area contributed by atoms with Crippen LogP contribution < -0.4 is 9.80 Å². The fourth-order valence-corrected chi connectivity index (χ4v) is 2.43. The molecule has 0 amide bonds. The minimum atomic E-state index is -0.0331. The largest absolute Gasteiger partial charge is 0.465 e. The SMILES string of the molecule is CN(C)c1ccccc1N(C)CC[C@H]1CCOC1=O. The van der Waals surface area contributed by atoms with E-state index in [9.17, 15) is 4.79 Å². The van der Waals surface area contributed by atoms with Crippen LogP contribution in [-0.2, 0) is 9.53 Å². The van der Waals surface area contributed by atoms with E-state index in [1.54, 1.807) is 0 Å². The minimum Gasteiger partial charge on any atom is -0.465 e. The molecule has 1 aliphatic heterocycles. The van der Waals surface area contributed by atoms with Crippen molar-refractivity contribution < 1.29 is 9.53 Å². The van der Waals surface area contributed by atoms with Crippen LogP contribution in [0.2, 0.25) is 0 Å². The molecule has 104 valence electrons. The van der Waals surface area contributed by atoms with Crippen LogP contribution >= 0.6 is 0 Å². The normalized spacial score (nSPS) is 18.3. The molecule has 1 heterocycles. The molecule has 0 bridgehead atoms. The Balaban J connectivity index is 1.99. The van der Waals surface area contributed by atoms with Crippen molar-refractivity contribution in [1.82, 2.24) is 0 Å². The van der Waals surface area contributed by atoms with Crippen LogP contribution in [0.5, 0.6) is 0 Å². The Morgan fingerprint density at radius 2 is 1.89 bits per heavy atom. The monoisotopic (exact) mass is 262 g/mol. The van der Waals surface area contributed by atoms with Crippen LogP contribution in [0.4, 0.5) is 11.4 Å². The summed E-state index contributed by atoms with van der Waals surface area (Å²) in [4.78, 5) is 15.8. The van der Waals surface area contributed by atoms with Crippen LogP contribution in [0.15, 0.2) is 24.3 Å². The summed E-state index contributed by atoms with van der Waals surface area (Å²) >= 11 is 0. The maximum absolute atomic E-state index is 11.4. The van der Waals surface area contributed by atoms with E-state index >= 15 is 0 Å². The highest BCUT2D eigenvalue weighted by atomic mass is 16.5. The van der Waals surface area contributed by atoms with E-state index in [1.165, 1.54) is 11.4 Å². The van der Waals surface area contributed by atoms with Crippen LogP contribution in [0.25, 0.3) is 0 Å². The zero-order valence-electron chi connectivity index (χ0n) is 11.9. The molecule has 0 unspecified atom stereocenters. The van der Waals surface area contributed by atoms with Gasteiger partial charge >= 0.3 is 5.97 Å². The summed E-state index contributed by atoms with van der Waals surface area (Å²) in [6.45, 7) is 1.45. The van der Waals surface area contributed by atoms with E-state index < -0.39 is 0 Å². The number of anilines is 2. The van der Waals surface area contributed by atoms with Crippen molar-refractivity contribution in [3.05, 3.63) is 24.3 Å². The summed E-state index contributed by atoms with van der Waals surface area (Å²) in [5, 5.41) is 0. The van der Waals surface area contributed by atoms with Crippen LogP contribution in [0.1, 0.15) is 12.8 Å². The van der Waals surface area contributed by atoms with Crippen molar-refractivity contribution >= 4 is 17.3 Å². The van der Waals surface area contributed by atoms with Gasteiger partial charge in [0.15, 0.2) is 0 Å². The van der Waals surface area contributed by atoms with E-state index in [0.717, 1.165) is 19.4 Å². The molecular formula is C15H22N2O2. The lowest BCUT2D eigenvalue weighted by atomic mass is 10.0. The molecule has 1 saturated heterocycles. The molecule has 19 heavy (non-hydrogen) atoms. The number of rotatable bonds is 5. The lowest BCUT2D eigenvalue weighted by Gasteiger charge is -2.26. The average molecular weight is 262 g/mol. The molecule has 1 aromatic carbocycles. The number of hydrogen-bond donors (Lipinski definition) is 0. The molecule has 0 aliphatic carbocycles. The zero-order valence-corrected chi connectivity index (χ0v) is 11.9. The molecule has 0 spiro atoms. The van der Waals surface area contributed by atoms with Crippen LogP contribution in [0.3, 0.4) is 0 Å². The molecule has 2 rings (SSSR count). The smallest absolute Gasteiger partial charge is 0.309 e. The Morgan fingerprint density at radius 3 is 2.47 bits per heavy atom. The van der Waals surface area contributed by atoms with Gasteiger partial charge in [0.05, 0.1) is 23.9 Å². The Kier molecular flexibility index (Phi) is 4.30. The lowest BCUT2D eigenvalue weighted by molar-refractivity contribution is -0.141. The second-order valence-electron chi connectivity index (χ2n) is 5.25. The van der Waals surface area contributed by atoms with Crippen molar-refractivity contribution in [3.8, 4) is 0 Å². The summed E-state index contributed by atoms with van der Waals surface area (Å²) in [5.41, 5.74) is 2.39. The predicted molar refractivity (Wildman–Crippen MR) is 77.7 cm³/mol. The third-order valence-corrected chi connectivity index (χ3v) is 3.63. The number of para-hydroxylation sites is 2. The van der Waals surface area contributed by atoms with Gasteiger partial charge in [-0.15, -0.1) is 0 Å². The van der Waals surface area contributed by atoms with Gasteiger partial charge in [-0.25, -0.2) is 0 Å². The number of carbonyl (C=O) groups excluding carboxylic acids is 1. The fourth-order valence-electron chi connectivity index (χ4n) is 2.43. The second kappa shape index (κ2) is 5.95. The molecule has 0 radical (unpaired) electrons. The van der Waals surface area contributed by atoms with Gasteiger partial charge in [0.25, 0.3) is 0 Å². The highest BCUT2D eigenvalue weighted by Gasteiger charge is 2.26. The van der Waals surface area contributed by atoms with Crippen molar-refractivity contribution in [2.75, 3.05) is 44.1 Å². The molecule has 0 saturated carbocycles. The summed E-state index contributed by atoms with van der Waals surface area (Å²) in [6, 6.07) is 8.31. The molecule has 1 atom stereocenters. The average Bonchev–Trinajstić information content (AvgIpc) is 2.81. The standard InChI is InChI=1S/C15H22N2O2/c1-16(2)13-6-4-5-7-14(13)17(3)10-8-12-9-11-19-15(12)18/h4-7,12H,8-11H2,1-3H3/t12-/m0/s1. The summed E-state index contributed by atoms with van der Waals surface area (Å²) in [7, 11) is 6.16. The van der Waals surface area contributed by atoms with Gasteiger partial charge in [-0.1, -0.05) is 12.1 Å². The third-order valence-electron chi connectivity index (χ3n) is 3.63. The molecule has 4 nitrogen and oxygen atoms in total. The summed E-state index contributed by atoms with van der Waals surface area (Å²) < 4.78 is 5.00. The number of nitrogens with zero attached hydrogens (tertiary/aromatic N) is 2. The molecule has 0 N–H and O–H groups in total. The number of ether oxygens (including phenoxy) is 1. The maximum Gasteiger partial charge on any atom is 0.309 e. The second-order valence-corrected chi connectivity index (χ2v) is 5.25. The van der Waals surface area contributed by atoms with E-state index in [4.69, 9.17) is 4.74 Å². The van der Waals surface area contributed by atoms with Gasteiger partial charge in [-0.2, -0.15) is 0 Å². The summed E-state index contributed by atoms with van der Waals surface area (Å²) in [6.07, 6.45) is 1.72. The van der Waals surface area contributed by atoms with Crippen molar-refractivity contribution in [2.24, 2.45) is 5.92 Å². The first-order chi connectivity index (χ1) is 9.09. The minimum absolute atomic E-state index is 0.0331.